The molecule has 1 aromatic heterocycles. The van der Waals surface area contributed by atoms with Crippen LogP contribution in [0.25, 0.3) is 11.3 Å². The molecule has 0 spiro atoms. The topological polar surface area (TPSA) is 157 Å². The zero-order valence-electron chi connectivity index (χ0n) is 16.6. The Bertz CT molecular complexity index is 982. The number of carbonyl (C=O) groups is 2. The first-order valence-electron chi connectivity index (χ1n) is 9.00. The maximum Gasteiger partial charge on any atom is 0.326 e. The van der Waals surface area contributed by atoms with E-state index < -0.39 is 34.0 Å². The van der Waals surface area contributed by atoms with Crippen LogP contribution >= 0.6 is 0 Å². The lowest BCUT2D eigenvalue weighted by atomic mass is 10.0. The van der Waals surface area contributed by atoms with E-state index in [2.05, 4.69) is 15.6 Å². The Morgan fingerprint density at radius 2 is 1.69 bits per heavy atom. The zero-order valence-corrected chi connectivity index (χ0v) is 17.4. The van der Waals surface area contributed by atoms with Gasteiger partial charge in [0.25, 0.3) is 0 Å². The first-order chi connectivity index (χ1) is 13.4. The van der Waals surface area contributed by atoms with Crippen molar-refractivity contribution < 1.29 is 23.1 Å². The number of carboxylic acid groups (broad SMARTS) is 1. The number of hydrogen-bond donors (Lipinski definition) is 3. The van der Waals surface area contributed by atoms with Gasteiger partial charge in [-0.2, -0.15) is 0 Å². The smallest absolute Gasteiger partial charge is 0.326 e. The molecule has 29 heavy (non-hydrogen) atoms. The van der Waals surface area contributed by atoms with Crippen LogP contribution < -0.4 is 10.5 Å². The number of nitrogens with zero attached hydrogens (tertiary/aromatic N) is 3. The van der Waals surface area contributed by atoms with E-state index in [0.29, 0.717) is 11.3 Å². The summed E-state index contributed by atoms with van der Waals surface area (Å²) in [6.07, 6.45) is 1.56. The number of rotatable bonds is 8. The highest BCUT2D eigenvalue weighted by atomic mass is 32.2. The molecular weight excluding hydrogens is 398 g/mol. The highest BCUT2D eigenvalue weighted by molar-refractivity contribution is 7.89. The van der Waals surface area contributed by atoms with E-state index in [1.165, 1.54) is 28.9 Å². The molecule has 1 heterocycles. The number of sulfonamides is 1. The molecule has 0 fully saturated rings. The minimum absolute atomic E-state index is 0.0264. The molecule has 0 saturated heterocycles. The van der Waals surface area contributed by atoms with Gasteiger partial charge < -0.3 is 10.4 Å². The lowest BCUT2D eigenvalue weighted by Gasteiger charge is -2.24. The van der Waals surface area contributed by atoms with Crippen LogP contribution in [0.3, 0.4) is 0 Å². The molecule has 158 valence electrons. The van der Waals surface area contributed by atoms with Crippen molar-refractivity contribution in [3.05, 3.63) is 30.5 Å². The maximum atomic E-state index is 12.8. The molecule has 2 atom stereocenters. The van der Waals surface area contributed by atoms with Crippen molar-refractivity contribution in [3.8, 4) is 11.3 Å². The quantitative estimate of drug-likeness (QED) is 0.572. The largest absolute Gasteiger partial charge is 0.480 e. The fourth-order valence-electron chi connectivity index (χ4n) is 2.84. The van der Waals surface area contributed by atoms with Crippen molar-refractivity contribution in [2.45, 2.75) is 44.7 Å². The lowest BCUT2D eigenvalue weighted by Crippen LogP contribution is -2.48. The summed E-state index contributed by atoms with van der Waals surface area (Å²) in [4.78, 5) is 24.1. The molecule has 0 saturated carbocycles. The van der Waals surface area contributed by atoms with Gasteiger partial charge in [-0.3, -0.25) is 4.79 Å². The SMILES string of the molecule is CC(C)C(NC(=O)C(C(C)C)n1cc(-c2ccc(S(N)(=O)=O)cc2)nn1)C(=O)O. The molecule has 2 unspecified atom stereocenters. The third-order valence-corrected chi connectivity index (χ3v) is 5.33. The summed E-state index contributed by atoms with van der Waals surface area (Å²) in [6.45, 7) is 7.06. The fourth-order valence-corrected chi connectivity index (χ4v) is 3.36. The molecule has 0 aliphatic heterocycles. The van der Waals surface area contributed by atoms with Gasteiger partial charge in [-0.15, -0.1) is 5.10 Å². The lowest BCUT2D eigenvalue weighted by molar-refractivity contribution is -0.144. The number of nitrogens with two attached hydrogens (primary N) is 1. The average molecular weight is 423 g/mol. The van der Waals surface area contributed by atoms with Gasteiger partial charge in [0.05, 0.1) is 11.1 Å². The Morgan fingerprint density at radius 1 is 1.10 bits per heavy atom. The standard InChI is InChI=1S/C18H25N5O5S/c1-10(2)15(18(25)26)20-17(24)16(11(3)4)23-9-14(21-22-23)12-5-7-13(8-6-12)29(19,27)28/h5-11,15-16H,1-4H3,(H,20,24)(H,25,26)(H2,19,27,28). The van der Waals surface area contributed by atoms with Crippen molar-refractivity contribution in [1.29, 1.82) is 0 Å². The van der Waals surface area contributed by atoms with Gasteiger partial charge in [0.15, 0.2) is 0 Å². The van der Waals surface area contributed by atoms with Gasteiger partial charge in [-0.05, 0) is 24.0 Å². The number of aliphatic carboxylic acids is 1. The van der Waals surface area contributed by atoms with E-state index in [4.69, 9.17) is 5.14 Å². The number of carboxylic acids is 1. The van der Waals surface area contributed by atoms with E-state index in [0.717, 1.165) is 0 Å². The van der Waals surface area contributed by atoms with Crippen LogP contribution in [0.1, 0.15) is 33.7 Å². The first kappa shape index (κ1) is 22.5. The van der Waals surface area contributed by atoms with Crippen molar-refractivity contribution in [3.63, 3.8) is 0 Å². The van der Waals surface area contributed by atoms with Gasteiger partial charge >= 0.3 is 5.97 Å². The minimum Gasteiger partial charge on any atom is -0.480 e. The summed E-state index contributed by atoms with van der Waals surface area (Å²) >= 11 is 0. The van der Waals surface area contributed by atoms with Crippen LogP contribution in [-0.4, -0.2) is 46.4 Å². The predicted octanol–water partition coefficient (Wildman–Crippen LogP) is 1.02. The fraction of sp³-hybridized carbons (Fsp3) is 0.444. The van der Waals surface area contributed by atoms with E-state index in [9.17, 15) is 23.1 Å². The van der Waals surface area contributed by atoms with Gasteiger partial charge in [0.1, 0.15) is 17.8 Å². The highest BCUT2D eigenvalue weighted by Gasteiger charge is 2.31. The number of primary sulfonamides is 1. The monoisotopic (exact) mass is 423 g/mol. The number of amides is 1. The van der Waals surface area contributed by atoms with Crippen molar-refractivity contribution in [1.82, 2.24) is 20.3 Å². The number of nitrogens with one attached hydrogen (secondary N) is 1. The average Bonchev–Trinajstić information content (AvgIpc) is 3.07. The van der Waals surface area contributed by atoms with Crippen LogP contribution in [0.5, 0.6) is 0 Å². The van der Waals surface area contributed by atoms with Crippen LogP contribution in [0, 0.1) is 11.8 Å². The predicted molar refractivity (Wildman–Crippen MR) is 105 cm³/mol. The number of carbonyl (C=O) groups excluding carboxylic acids is 1. The van der Waals surface area contributed by atoms with Crippen molar-refractivity contribution in [2.75, 3.05) is 0 Å². The number of hydrogen-bond acceptors (Lipinski definition) is 6. The van der Waals surface area contributed by atoms with E-state index in [-0.39, 0.29) is 16.7 Å². The second-order valence-electron chi connectivity index (χ2n) is 7.41. The van der Waals surface area contributed by atoms with Gasteiger partial charge in [0.2, 0.25) is 15.9 Å². The molecule has 2 rings (SSSR count). The molecule has 4 N–H and O–H groups in total. The van der Waals surface area contributed by atoms with E-state index >= 15 is 0 Å². The molecule has 0 aliphatic carbocycles. The zero-order chi connectivity index (χ0) is 21.9. The molecule has 0 radical (unpaired) electrons. The van der Waals surface area contributed by atoms with E-state index in [1.807, 2.05) is 13.8 Å². The Labute approximate surface area is 169 Å². The summed E-state index contributed by atoms with van der Waals surface area (Å²) in [6, 6.07) is 4.01. The summed E-state index contributed by atoms with van der Waals surface area (Å²) in [5.41, 5.74) is 1.03. The second-order valence-corrected chi connectivity index (χ2v) is 8.97. The van der Waals surface area contributed by atoms with Crippen LogP contribution in [0.15, 0.2) is 35.4 Å². The van der Waals surface area contributed by atoms with Gasteiger partial charge in [-0.1, -0.05) is 45.0 Å². The Balaban J connectivity index is 2.29. The van der Waals surface area contributed by atoms with Crippen LogP contribution in [0.2, 0.25) is 0 Å². The molecule has 2 aromatic rings. The van der Waals surface area contributed by atoms with Crippen molar-refractivity contribution >= 4 is 21.9 Å². The Kier molecular flexibility index (Phi) is 6.75. The number of benzene rings is 1. The molecule has 10 nitrogen and oxygen atoms in total. The summed E-state index contributed by atoms with van der Waals surface area (Å²) in [5, 5.41) is 25.0. The Morgan fingerprint density at radius 3 is 2.14 bits per heavy atom. The third kappa shape index (κ3) is 5.39. The Hall–Kier alpha value is -2.79. The highest BCUT2D eigenvalue weighted by Crippen LogP contribution is 2.23. The first-order valence-corrected chi connectivity index (χ1v) is 10.5. The minimum atomic E-state index is -3.80. The second kappa shape index (κ2) is 8.70. The normalized spacial score (nSPS) is 14.0. The summed E-state index contributed by atoms with van der Waals surface area (Å²) in [7, 11) is -3.80. The number of aromatic nitrogens is 3. The van der Waals surface area contributed by atoms with Crippen molar-refractivity contribution in [2.24, 2.45) is 17.0 Å². The van der Waals surface area contributed by atoms with Gasteiger partial charge in [-0.25, -0.2) is 23.0 Å². The van der Waals surface area contributed by atoms with Gasteiger partial charge in [0, 0.05) is 5.56 Å². The molecular formula is C18H25N5O5S. The van der Waals surface area contributed by atoms with Crippen LogP contribution in [0.4, 0.5) is 0 Å². The maximum absolute atomic E-state index is 12.8. The van der Waals surface area contributed by atoms with E-state index in [1.54, 1.807) is 20.0 Å². The summed E-state index contributed by atoms with van der Waals surface area (Å²) < 4.78 is 24.1. The molecule has 1 amide bonds. The molecule has 1 aromatic carbocycles. The molecule has 11 heteroatoms. The molecule has 0 bridgehead atoms. The summed E-state index contributed by atoms with van der Waals surface area (Å²) in [5.74, 6) is -2.05. The third-order valence-electron chi connectivity index (χ3n) is 4.40. The van der Waals surface area contributed by atoms with Crippen LogP contribution in [-0.2, 0) is 19.6 Å². The molecule has 0 aliphatic rings.